The lowest BCUT2D eigenvalue weighted by molar-refractivity contribution is -0.248. The molecule has 1 aromatic rings. The molecule has 1 aliphatic carbocycles. The standard InChI is InChI=1S/C20H27NO4/c1-13-8-9-14(2)16(15(13)3)17-18(22)20(10-6-5-7-11-20)21(19(17)23)25-12-24-4/h8-9,22H,5-7,10-12H2,1-4H3. The molecule has 1 heterocycles. The number of nitrogens with zero attached hydrogens (tertiary/aromatic N) is 1. The van der Waals surface area contributed by atoms with Crippen molar-refractivity contribution in [2.75, 3.05) is 13.9 Å². The highest BCUT2D eigenvalue weighted by Gasteiger charge is 2.54. The monoisotopic (exact) mass is 345 g/mol. The Morgan fingerprint density at radius 3 is 2.40 bits per heavy atom. The van der Waals surface area contributed by atoms with Crippen LogP contribution < -0.4 is 0 Å². The van der Waals surface area contributed by atoms with Crippen molar-refractivity contribution in [2.45, 2.75) is 58.4 Å². The molecular formula is C20H27NO4. The van der Waals surface area contributed by atoms with Crippen LogP contribution >= 0.6 is 0 Å². The molecular weight excluding hydrogens is 318 g/mol. The number of aliphatic hydroxyl groups is 1. The molecule has 1 aromatic carbocycles. The van der Waals surface area contributed by atoms with E-state index in [0.29, 0.717) is 18.4 Å². The molecule has 1 saturated carbocycles. The number of rotatable bonds is 4. The van der Waals surface area contributed by atoms with Gasteiger partial charge in [-0.05, 0) is 55.9 Å². The molecule has 5 heteroatoms. The number of carbonyl (C=O) groups excluding carboxylic acids is 1. The normalized spacial score (nSPS) is 20.0. The Balaban J connectivity index is 2.16. The molecule has 0 aromatic heterocycles. The topological polar surface area (TPSA) is 59.0 Å². The third-order valence-corrected chi connectivity index (χ3v) is 5.64. The van der Waals surface area contributed by atoms with E-state index in [9.17, 15) is 9.90 Å². The third kappa shape index (κ3) is 2.75. The summed E-state index contributed by atoms with van der Waals surface area (Å²) >= 11 is 0. The van der Waals surface area contributed by atoms with E-state index in [1.165, 1.54) is 12.2 Å². The predicted molar refractivity (Wildman–Crippen MR) is 95.8 cm³/mol. The van der Waals surface area contributed by atoms with E-state index >= 15 is 0 Å². The lowest BCUT2D eigenvalue weighted by atomic mass is 9.80. The Labute approximate surface area is 149 Å². The first-order valence-corrected chi connectivity index (χ1v) is 8.91. The number of methoxy groups -OCH3 is 1. The maximum absolute atomic E-state index is 13.2. The first kappa shape index (κ1) is 18.0. The smallest absolute Gasteiger partial charge is 0.282 e. The van der Waals surface area contributed by atoms with E-state index in [1.807, 2.05) is 32.9 Å². The van der Waals surface area contributed by atoms with Gasteiger partial charge in [-0.3, -0.25) is 4.79 Å². The Morgan fingerprint density at radius 2 is 1.76 bits per heavy atom. The van der Waals surface area contributed by atoms with Crippen LogP contribution in [0.3, 0.4) is 0 Å². The number of carbonyl (C=O) groups is 1. The van der Waals surface area contributed by atoms with Crippen molar-refractivity contribution in [3.63, 3.8) is 0 Å². The molecule has 1 fully saturated rings. The Kier molecular flexibility index (Phi) is 4.89. The van der Waals surface area contributed by atoms with Crippen LogP contribution in [-0.2, 0) is 14.4 Å². The molecule has 0 atom stereocenters. The minimum Gasteiger partial charge on any atom is -0.509 e. The van der Waals surface area contributed by atoms with Crippen molar-refractivity contribution in [1.82, 2.24) is 5.06 Å². The zero-order valence-corrected chi connectivity index (χ0v) is 15.5. The zero-order valence-electron chi connectivity index (χ0n) is 15.5. The number of aliphatic hydroxyl groups excluding tert-OH is 1. The van der Waals surface area contributed by atoms with Crippen LogP contribution in [0.1, 0.15) is 54.4 Å². The van der Waals surface area contributed by atoms with Gasteiger partial charge in [0, 0.05) is 7.11 Å². The molecule has 136 valence electrons. The maximum atomic E-state index is 13.2. The summed E-state index contributed by atoms with van der Waals surface area (Å²) in [6.45, 7) is 5.98. The molecule has 0 saturated heterocycles. The van der Waals surface area contributed by atoms with Gasteiger partial charge in [0.05, 0.1) is 5.57 Å². The minimum atomic E-state index is -0.758. The van der Waals surface area contributed by atoms with Gasteiger partial charge in [0.25, 0.3) is 5.91 Å². The second-order valence-electron chi connectivity index (χ2n) is 7.15. The Morgan fingerprint density at radius 1 is 1.12 bits per heavy atom. The van der Waals surface area contributed by atoms with Gasteiger partial charge >= 0.3 is 0 Å². The number of ether oxygens (including phenoxy) is 1. The van der Waals surface area contributed by atoms with Gasteiger partial charge < -0.3 is 9.84 Å². The third-order valence-electron chi connectivity index (χ3n) is 5.64. The summed E-state index contributed by atoms with van der Waals surface area (Å²) in [5.41, 5.74) is 3.56. The van der Waals surface area contributed by atoms with Gasteiger partial charge in [0.1, 0.15) is 11.3 Å². The number of amides is 1. The van der Waals surface area contributed by atoms with Crippen molar-refractivity contribution in [1.29, 1.82) is 0 Å². The molecule has 5 nitrogen and oxygen atoms in total. The first-order valence-electron chi connectivity index (χ1n) is 8.91. The summed E-state index contributed by atoms with van der Waals surface area (Å²) in [4.78, 5) is 18.9. The van der Waals surface area contributed by atoms with Crippen LogP contribution in [-0.4, -0.2) is 35.5 Å². The summed E-state index contributed by atoms with van der Waals surface area (Å²) in [5.74, 6) is -0.113. The molecule has 1 amide bonds. The fourth-order valence-corrected chi connectivity index (χ4v) is 4.15. The fraction of sp³-hybridized carbons (Fsp3) is 0.550. The van der Waals surface area contributed by atoms with Gasteiger partial charge in [0.15, 0.2) is 6.79 Å². The number of hydrogen-bond donors (Lipinski definition) is 1. The molecule has 2 aliphatic rings. The Bertz CT molecular complexity index is 717. The Hall–Kier alpha value is -1.85. The van der Waals surface area contributed by atoms with Gasteiger partial charge in [0.2, 0.25) is 0 Å². The lowest BCUT2D eigenvalue weighted by Crippen LogP contribution is -2.49. The van der Waals surface area contributed by atoms with Crippen LogP contribution in [0.4, 0.5) is 0 Å². The van der Waals surface area contributed by atoms with E-state index in [1.54, 1.807) is 0 Å². The predicted octanol–water partition coefficient (Wildman–Crippen LogP) is 3.96. The van der Waals surface area contributed by atoms with Crippen molar-refractivity contribution in [3.05, 3.63) is 40.1 Å². The summed E-state index contributed by atoms with van der Waals surface area (Å²) in [5, 5.41) is 12.6. The average molecular weight is 345 g/mol. The van der Waals surface area contributed by atoms with Crippen LogP contribution in [0.15, 0.2) is 17.9 Å². The molecule has 1 aliphatic heterocycles. The van der Waals surface area contributed by atoms with Gasteiger partial charge in [-0.1, -0.05) is 31.4 Å². The van der Waals surface area contributed by atoms with E-state index in [2.05, 4.69) is 0 Å². The highest BCUT2D eigenvalue weighted by atomic mass is 16.8. The number of aryl methyl sites for hydroxylation is 2. The van der Waals surface area contributed by atoms with Gasteiger partial charge in [-0.2, -0.15) is 0 Å². The van der Waals surface area contributed by atoms with E-state index < -0.39 is 5.54 Å². The van der Waals surface area contributed by atoms with Crippen LogP contribution in [0.5, 0.6) is 0 Å². The van der Waals surface area contributed by atoms with Gasteiger partial charge in [-0.15, -0.1) is 0 Å². The largest absolute Gasteiger partial charge is 0.509 e. The summed E-state index contributed by atoms with van der Waals surface area (Å²) in [6.07, 6.45) is 4.45. The summed E-state index contributed by atoms with van der Waals surface area (Å²) < 4.78 is 5.01. The molecule has 1 N–H and O–H groups in total. The highest BCUT2D eigenvalue weighted by Crippen LogP contribution is 2.48. The lowest BCUT2D eigenvalue weighted by Gasteiger charge is -2.39. The van der Waals surface area contributed by atoms with Crippen LogP contribution in [0.2, 0.25) is 0 Å². The van der Waals surface area contributed by atoms with E-state index in [-0.39, 0.29) is 18.5 Å². The maximum Gasteiger partial charge on any atom is 0.282 e. The second-order valence-corrected chi connectivity index (χ2v) is 7.15. The molecule has 3 rings (SSSR count). The van der Waals surface area contributed by atoms with Crippen molar-refractivity contribution in [3.8, 4) is 0 Å². The summed E-state index contributed by atoms with van der Waals surface area (Å²) in [6, 6.07) is 4.04. The van der Waals surface area contributed by atoms with E-state index in [0.717, 1.165) is 41.5 Å². The molecule has 0 bridgehead atoms. The number of benzene rings is 1. The van der Waals surface area contributed by atoms with Crippen molar-refractivity contribution < 1.29 is 19.5 Å². The highest BCUT2D eigenvalue weighted by molar-refractivity contribution is 6.23. The van der Waals surface area contributed by atoms with Crippen LogP contribution in [0, 0.1) is 20.8 Å². The van der Waals surface area contributed by atoms with E-state index in [4.69, 9.17) is 9.57 Å². The zero-order chi connectivity index (χ0) is 18.2. The van der Waals surface area contributed by atoms with Crippen LogP contribution in [0.25, 0.3) is 5.57 Å². The first-order chi connectivity index (χ1) is 11.9. The summed E-state index contributed by atoms with van der Waals surface area (Å²) in [7, 11) is 1.52. The second kappa shape index (κ2) is 6.81. The molecule has 25 heavy (non-hydrogen) atoms. The van der Waals surface area contributed by atoms with Gasteiger partial charge in [-0.25, -0.2) is 9.90 Å². The molecule has 0 unspecified atom stereocenters. The molecule has 0 radical (unpaired) electrons. The molecule has 1 spiro atoms. The fourth-order valence-electron chi connectivity index (χ4n) is 4.15. The minimum absolute atomic E-state index is 0.0141. The van der Waals surface area contributed by atoms with Crippen molar-refractivity contribution >= 4 is 11.5 Å². The number of hydrogen-bond acceptors (Lipinski definition) is 4. The quantitative estimate of drug-likeness (QED) is 0.839. The average Bonchev–Trinajstić information content (AvgIpc) is 2.79. The number of hydroxylamine groups is 2. The van der Waals surface area contributed by atoms with Crippen molar-refractivity contribution in [2.24, 2.45) is 0 Å². The SMILES string of the molecule is COCON1C(=O)C(c2c(C)ccc(C)c2C)=C(O)C12CCCCC2.